The van der Waals surface area contributed by atoms with Crippen LogP contribution in [0.3, 0.4) is 0 Å². The van der Waals surface area contributed by atoms with Crippen LogP contribution in [0.1, 0.15) is 13.3 Å². The van der Waals surface area contributed by atoms with Crippen molar-refractivity contribution in [2.45, 2.75) is 19.4 Å². The first-order valence-corrected chi connectivity index (χ1v) is 5.46. The maximum absolute atomic E-state index is 11.3. The average Bonchev–Trinajstić information content (AvgIpc) is 2.36. The highest BCUT2D eigenvalue weighted by molar-refractivity contribution is 5.79. The number of rotatable bonds is 7. The van der Waals surface area contributed by atoms with Crippen LogP contribution in [0, 0.1) is 5.92 Å². The number of ether oxygens (including phenoxy) is 1. The van der Waals surface area contributed by atoms with Crippen molar-refractivity contribution < 1.29 is 24.5 Å². The van der Waals surface area contributed by atoms with E-state index < -0.39 is 25.4 Å². The summed E-state index contributed by atoms with van der Waals surface area (Å²) < 4.78 is 4.68. The van der Waals surface area contributed by atoms with Crippen molar-refractivity contribution in [2.75, 3.05) is 26.8 Å². The molecule has 7 nitrogen and oxygen atoms in total. The van der Waals surface area contributed by atoms with Crippen LogP contribution >= 0.6 is 0 Å². The molecular weight excluding hydrogens is 228 g/mol. The van der Waals surface area contributed by atoms with Gasteiger partial charge in [0, 0.05) is 13.6 Å². The summed E-state index contributed by atoms with van der Waals surface area (Å²) in [5.41, 5.74) is 0. The minimum atomic E-state index is -0.935. The Kier molecular flexibility index (Phi) is 8.08. The molecule has 0 fully saturated rings. The predicted octanol–water partition coefficient (Wildman–Crippen LogP) is -1.16. The Hall–Kier alpha value is -1.34. The normalized spacial score (nSPS) is 12.1. The van der Waals surface area contributed by atoms with Crippen LogP contribution in [0.2, 0.25) is 0 Å². The molecule has 0 aromatic carbocycles. The van der Waals surface area contributed by atoms with Crippen LogP contribution in [0.4, 0.5) is 4.79 Å². The van der Waals surface area contributed by atoms with Crippen molar-refractivity contribution in [3.8, 4) is 0 Å². The lowest BCUT2D eigenvalue weighted by atomic mass is 10.1. The summed E-state index contributed by atoms with van der Waals surface area (Å²) >= 11 is 0. The number of carbonyl (C=O) groups excluding carboxylic acids is 2. The van der Waals surface area contributed by atoms with Gasteiger partial charge < -0.3 is 25.6 Å². The van der Waals surface area contributed by atoms with Crippen molar-refractivity contribution in [3.05, 3.63) is 0 Å². The van der Waals surface area contributed by atoms with E-state index in [1.807, 2.05) is 6.92 Å². The van der Waals surface area contributed by atoms with Gasteiger partial charge in [0.1, 0.15) is 6.10 Å². The van der Waals surface area contributed by atoms with Gasteiger partial charge in [-0.1, -0.05) is 6.92 Å². The van der Waals surface area contributed by atoms with E-state index in [1.54, 1.807) is 0 Å². The molecule has 1 unspecified atom stereocenters. The van der Waals surface area contributed by atoms with E-state index in [2.05, 4.69) is 15.4 Å². The zero-order valence-electron chi connectivity index (χ0n) is 10.1. The Balaban J connectivity index is 4.00. The predicted molar refractivity (Wildman–Crippen MR) is 60.3 cm³/mol. The number of aliphatic hydroxyl groups is 2. The number of hydrogen-bond donors (Lipinski definition) is 4. The first-order chi connectivity index (χ1) is 8.08. The smallest absolute Gasteiger partial charge is 0.407 e. The number of carbonyl (C=O) groups is 2. The summed E-state index contributed by atoms with van der Waals surface area (Å²) in [6, 6.07) is 0. The molecule has 0 aromatic heterocycles. The molecule has 1 atom stereocenters. The van der Waals surface area contributed by atoms with Crippen LogP contribution in [-0.2, 0) is 9.53 Å². The molecule has 0 aliphatic carbocycles. The Bertz CT molecular complexity index is 243. The minimum absolute atomic E-state index is 0.151. The average molecular weight is 248 g/mol. The minimum Gasteiger partial charge on any atom is -0.441 e. The molecule has 2 amide bonds. The van der Waals surface area contributed by atoms with Crippen molar-refractivity contribution in [1.29, 1.82) is 0 Å². The van der Waals surface area contributed by atoms with Gasteiger partial charge in [0.15, 0.2) is 0 Å². The fourth-order valence-corrected chi connectivity index (χ4v) is 1.16. The van der Waals surface area contributed by atoms with Crippen molar-refractivity contribution in [3.63, 3.8) is 0 Å². The summed E-state index contributed by atoms with van der Waals surface area (Å²) in [5, 5.41) is 22.3. The van der Waals surface area contributed by atoms with Gasteiger partial charge in [0.05, 0.1) is 19.1 Å². The SMILES string of the molecule is CCC(CNC(=O)OC(CO)CO)C(=O)NC. The Morgan fingerprint density at radius 3 is 2.29 bits per heavy atom. The monoisotopic (exact) mass is 248 g/mol. The lowest BCUT2D eigenvalue weighted by Crippen LogP contribution is -2.39. The Morgan fingerprint density at radius 2 is 1.88 bits per heavy atom. The molecule has 0 aromatic rings. The fourth-order valence-electron chi connectivity index (χ4n) is 1.16. The van der Waals surface area contributed by atoms with Crippen LogP contribution in [-0.4, -0.2) is 55.1 Å². The van der Waals surface area contributed by atoms with Gasteiger partial charge in [0.2, 0.25) is 5.91 Å². The summed E-state index contributed by atoms with van der Waals surface area (Å²) in [6.07, 6.45) is -1.11. The maximum atomic E-state index is 11.3. The quantitative estimate of drug-likeness (QED) is 0.454. The highest BCUT2D eigenvalue weighted by atomic mass is 16.6. The number of amides is 2. The summed E-state index contributed by atoms with van der Waals surface area (Å²) in [5.74, 6) is -0.483. The Morgan fingerprint density at radius 1 is 1.29 bits per heavy atom. The molecule has 0 radical (unpaired) electrons. The second-order valence-electron chi connectivity index (χ2n) is 3.49. The standard InChI is InChI=1S/C10H20N2O5/c1-3-7(9(15)11-2)4-12-10(16)17-8(5-13)6-14/h7-8,13-14H,3-6H2,1-2H3,(H,11,15)(H,12,16). The van der Waals surface area contributed by atoms with Crippen molar-refractivity contribution in [1.82, 2.24) is 10.6 Å². The molecule has 0 rings (SSSR count). The topological polar surface area (TPSA) is 108 Å². The first-order valence-electron chi connectivity index (χ1n) is 5.46. The third-order valence-corrected chi connectivity index (χ3v) is 2.28. The number of nitrogens with one attached hydrogen (secondary N) is 2. The number of hydrogen-bond acceptors (Lipinski definition) is 5. The molecular formula is C10H20N2O5. The van der Waals surface area contributed by atoms with Gasteiger partial charge >= 0.3 is 6.09 Å². The molecule has 0 bridgehead atoms. The zero-order valence-corrected chi connectivity index (χ0v) is 10.1. The van der Waals surface area contributed by atoms with Crippen LogP contribution < -0.4 is 10.6 Å². The van der Waals surface area contributed by atoms with E-state index in [1.165, 1.54) is 7.05 Å². The van der Waals surface area contributed by atoms with E-state index >= 15 is 0 Å². The van der Waals surface area contributed by atoms with Crippen LogP contribution in [0.15, 0.2) is 0 Å². The highest BCUT2D eigenvalue weighted by Crippen LogP contribution is 2.01. The van der Waals surface area contributed by atoms with E-state index in [-0.39, 0.29) is 18.4 Å². The van der Waals surface area contributed by atoms with Crippen LogP contribution in [0.5, 0.6) is 0 Å². The number of aliphatic hydroxyl groups excluding tert-OH is 2. The zero-order chi connectivity index (χ0) is 13.3. The fraction of sp³-hybridized carbons (Fsp3) is 0.800. The van der Waals surface area contributed by atoms with E-state index in [4.69, 9.17) is 10.2 Å². The summed E-state index contributed by atoms with van der Waals surface area (Å²) in [4.78, 5) is 22.5. The molecule has 0 saturated carbocycles. The molecule has 17 heavy (non-hydrogen) atoms. The van der Waals surface area contributed by atoms with Gasteiger partial charge in [-0.05, 0) is 6.42 Å². The van der Waals surface area contributed by atoms with E-state index in [0.717, 1.165) is 0 Å². The van der Waals surface area contributed by atoms with Crippen LogP contribution in [0.25, 0.3) is 0 Å². The lowest BCUT2D eigenvalue weighted by molar-refractivity contribution is -0.124. The second kappa shape index (κ2) is 8.77. The van der Waals surface area contributed by atoms with Crippen molar-refractivity contribution >= 4 is 12.0 Å². The third-order valence-electron chi connectivity index (χ3n) is 2.28. The molecule has 0 heterocycles. The molecule has 0 aliphatic rings. The summed E-state index contributed by atoms with van der Waals surface area (Å²) in [7, 11) is 1.52. The van der Waals surface area contributed by atoms with E-state index in [9.17, 15) is 9.59 Å². The van der Waals surface area contributed by atoms with Gasteiger partial charge in [-0.2, -0.15) is 0 Å². The molecule has 100 valence electrons. The molecule has 4 N–H and O–H groups in total. The Labute approximate surface area is 100 Å². The first kappa shape index (κ1) is 15.7. The molecule has 0 spiro atoms. The van der Waals surface area contributed by atoms with Crippen molar-refractivity contribution in [2.24, 2.45) is 5.92 Å². The van der Waals surface area contributed by atoms with Gasteiger partial charge in [-0.15, -0.1) is 0 Å². The van der Waals surface area contributed by atoms with Gasteiger partial charge in [-0.25, -0.2) is 4.79 Å². The molecule has 0 saturated heterocycles. The largest absolute Gasteiger partial charge is 0.441 e. The van der Waals surface area contributed by atoms with Gasteiger partial charge in [-0.3, -0.25) is 4.79 Å². The van der Waals surface area contributed by atoms with Gasteiger partial charge in [0.25, 0.3) is 0 Å². The van der Waals surface area contributed by atoms with E-state index in [0.29, 0.717) is 6.42 Å². The molecule has 0 aliphatic heterocycles. The second-order valence-corrected chi connectivity index (χ2v) is 3.49. The summed E-state index contributed by atoms with van der Waals surface area (Å²) in [6.45, 7) is 1.09. The number of alkyl carbamates (subject to hydrolysis) is 1. The maximum Gasteiger partial charge on any atom is 0.407 e. The third kappa shape index (κ3) is 6.08. The highest BCUT2D eigenvalue weighted by Gasteiger charge is 2.17. The molecule has 7 heteroatoms. The lowest BCUT2D eigenvalue weighted by Gasteiger charge is -2.16.